The molecule has 5 nitrogen and oxygen atoms in total. The van der Waals surface area contributed by atoms with Gasteiger partial charge in [-0.1, -0.05) is 26.0 Å². The summed E-state index contributed by atoms with van der Waals surface area (Å²) in [7, 11) is 0. The van der Waals surface area contributed by atoms with Crippen molar-refractivity contribution in [1.82, 2.24) is 4.90 Å². The fraction of sp³-hybridized carbons (Fsp3) is 0.619. The summed E-state index contributed by atoms with van der Waals surface area (Å²) in [4.78, 5) is 27.3. The number of carbonyl (C=O) groups excluding carboxylic acids is 2. The van der Waals surface area contributed by atoms with Gasteiger partial charge in [0, 0.05) is 32.2 Å². The minimum Gasteiger partial charge on any atom is -0.381 e. The van der Waals surface area contributed by atoms with Crippen molar-refractivity contribution in [3.05, 3.63) is 29.8 Å². The van der Waals surface area contributed by atoms with Crippen LogP contribution in [0.3, 0.4) is 0 Å². The molecule has 0 bridgehead atoms. The van der Waals surface area contributed by atoms with E-state index in [1.807, 2.05) is 43.0 Å². The van der Waals surface area contributed by atoms with E-state index in [-0.39, 0.29) is 17.7 Å². The van der Waals surface area contributed by atoms with E-state index < -0.39 is 0 Å². The molecule has 3 rings (SSSR count). The summed E-state index contributed by atoms with van der Waals surface area (Å²) in [6, 6.07) is 7.34. The molecule has 2 aliphatic heterocycles. The maximum absolute atomic E-state index is 13.1. The van der Waals surface area contributed by atoms with Gasteiger partial charge in [0.25, 0.3) is 5.91 Å². The molecule has 0 radical (unpaired) electrons. The van der Waals surface area contributed by atoms with Crippen LogP contribution < -0.4 is 5.32 Å². The van der Waals surface area contributed by atoms with Gasteiger partial charge in [0.15, 0.2) is 0 Å². The molecule has 2 aliphatic rings. The van der Waals surface area contributed by atoms with Gasteiger partial charge in [-0.05, 0) is 49.7 Å². The van der Waals surface area contributed by atoms with Crippen molar-refractivity contribution in [3.8, 4) is 0 Å². The predicted octanol–water partition coefficient (Wildman–Crippen LogP) is 3.70. The Morgan fingerprint density at radius 1 is 1.15 bits per heavy atom. The summed E-state index contributed by atoms with van der Waals surface area (Å²) >= 11 is 0. The number of piperidine rings is 1. The molecule has 142 valence electrons. The molecule has 2 heterocycles. The molecule has 2 amide bonds. The van der Waals surface area contributed by atoms with Crippen LogP contribution in [0.1, 0.15) is 56.3 Å². The number of rotatable bonds is 4. The van der Waals surface area contributed by atoms with Crippen molar-refractivity contribution in [2.24, 2.45) is 11.3 Å². The molecule has 1 aromatic rings. The van der Waals surface area contributed by atoms with Crippen LogP contribution in [0.25, 0.3) is 0 Å². The van der Waals surface area contributed by atoms with Crippen molar-refractivity contribution in [2.75, 3.05) is 31.6 Å². The Kier molecular flexibility index (Phi) is 5.97. The summed E-state index contributed by atoms with van der Waals surface area (Å²) in [6.45, 7) is 7.15. The molecule has 1 N–H and O–H groups in total. The molecule has 2 saturated heterocycles. The number of likely N-dealkylation sites (tertiary alicyclic amines) is 1. The first-order valence-electron chi connectivity index (χ1n) is 9.81. The highest BCUT2D eigenvalue weighted by molar-refractivity contribution is 6.04. The van der Waals surface area contributed by atoms with E-state index in [1.54, 1.807) is 0 Å². The smallest absolute Gasteiger partial charge is 0.255 e. The third kappa shape index (κ3) is 4.09. The molecule has 0 aromatic heterocycles. The fourth-order valence-corrected chi connectivity index (χ4v) is 3.88. The van der Waals surface area contributed by atoms with Crippen LogP contribution in [0.2, 0.25) is 0 Å². The minimum atomic E-state index is -0.0680. The van der Waals surface area contributed by atoms with Crippen molar-refractivity contribution in [3.63, 3.8) is 0 Å². The molecular formula is C21H30N2O3. The number of carbonyl (C=O) groups is 2. The zero-order valence-electron chi connectivity index (χ0n) is 15.9. The van der Waals surface area contributed by atoms with E-state index in [0.717, 1.165) is 58.4 Å². The quantitative estimate of drug-likeness (QED) is 0.893. The van der Waals surface area contributed by atoms with Gasteiger partial charge in [0.05, 0.1) is 11.3 Å². The van der Waals surface area contributed by atoms with E-state index in [4.69, 9.17) is 4.74 Å². The largest absolute Gasteiger partial charge is 0.381 e. The van der Waals surface area contributed by atoms with E-state index in [2.05, 4.69) is 5.32 Å². The molecule has 5 heteroatoms. The molecule has 0 saturated carbocycles. The van der Waals surface area contributed by atoms with Gasteiger partial charge in [0.2, 0.25) is 5.91 Å². The number of benzene rings is 1. The van der Waals surface area contributed by atoms with Crippen LogP contribution in [0.15, 0.2) is 24.3 Å². The molecule has 26 heavy (non-hydrogen) atoms. The lowest BCUT2D eigenvalue weighted by Gasteiger charge is -2.44. The third-order valence-electron chi connectivity index (χ3n) is 6.14. The third-order valence-corrected chi connectivity index (χ3v) is 6.14. The number of para-hydroxylation sites is 1. The van der Waals surface area contributed by atoms with E-state index in [0.29, 0.717) is 16.7 Å². The van der Waals surface area contributed by atoms with Gasteiger partial charge < -0.3 is 15.0 Å². The zero-order valence-corrected chi connectivity index (χ0v) is 15.9. The van der Waals surface area contributed by atoms with Crippen molar-refractivity contribution < 1.29 is 14.3 Å². The van der Waals surface area contributed by atoms with Crippen LogP contribution in [0, 0.1) is 11.3 Å². The molecule has 0 aliphatic carbocycles. The standard InChI is InChI=1S/C21H30N2O3/c1-3-16(2)19(24)22-18-7-5-4-6-17(18)20(25)23-12-8-21(9-13-23)10-14-26-15-11-21/h4-7,16H,3,8-15H2,1-2H3,(H,22,24). The lowest BCUT2D eigenvalue weighted by Crippen LogP contribution is -2.45. The first-order valence-corrected chi connectivity index (χ1v) is 9.81. The summed E-state index contributed by atoms with van der Waals surface area (Å²) in [5.74, 6) is -0.0824. The second-order valence-corrected chi connectivity index (χ2v) is 7.75. The lowest BCUT2D eigenvalue weighted by molar-refractivity contribution is -0.119. The van der Waals surface area contributed by atoms with Gasteiger partial charge in [-0.25, -0.2) is 0 Å². The number of ether oxygens (including phenoxy) is 1. The summed E-state index contributed by atoms with van der Waals surface area (Å²) < 4.78 is 5.50. The van der Waals surface area contributed by atoms with Crippen LogP contribution in [0.5, 0.6) is 0 Å². The Hall–Kier alpha value is -1.88. The first kappa shape index (κ1) is 18.9. The highest BCUT2D eigenvalue weighted by atomic mass is 16.5. The SMILES string of the molecule is CCC(C)C(=O)Nc1ccccc1C(=O)N1CCC2(CCOCC2)CC1. The molecule has 1 spiro atoms. The predicted molar refractivity (Wildman–Crippen MR) is 102 cm³/mol. The first-order chi connectivity index (χ1) is 12.5. The monoisotopic (exact) mass is 358 g/mol. The summed E-state index contributed by atoms with van der Waals surface area (Å²) in [6.07, 6.45) is 5.08. The van der Waals surface area contributed by atoms with Gasteiger partial charge in [-0.15, -0.1) is 0 Å². The van der Waals surface area contributed by atoms with E-state index >= 15 is 0 Å². The fourth-order valence-electron chi connectivity index (χ4n) is 3.88. The highest BCUT2D eigenvalue weighted by Gasteiger charge is 2.37. The average molecular weight is 358 g/mol. The topological polar surface area (TPSA) is 58.6 Å². The van der Waals surface area contributed by atoms with Crippen molar-refractivity contribution >= 4 is 17.5 Å². The Bertz CT molecular complexity index is 642. The molecule has 1 aromatic carbocycles. The van der Waals surface area contributed by atoms with Crippen LogP contribution in [-0.4, -0.2) is 43.0 Å². The van der Waals surface area contributed by atoms with E-state index in [9.17, 15) is 9.59 Å². The molecule has 2 fully saturated rings. The van der Waals surface area contributed by atoms with Gasteiger partial charge >= 0.3 is 0 Å². The normalized spacial score (nSPS) is 20.6. The molecule has 1 unspecified atom stereocenters. The second kappa shape index (κ2) is 8.21. The maximum atomic E-state index is 13.1. The lowest BCUT2D eigenvalue weighted by atomic mass is 9.72. The number of hydrogen-bond donors (Lipinski definition) is 1. The van der Waals surface area contributed by atoms with Gasteiger partial charge in [-0.2, -0.15) is 0 Å². The van der Waals surface area contributed by atoms with Crippen LogP contribution in [-0.2, 0) is 9.53 Å². The number of anilines is 1. The van der Waals surface area contributed by atoms with Gasteiger partial charge in [-0.3, -0.25) is 9.59 Å². The Morgan fingerprint density at radius 3 is 2.46 bits per heavy atom. The molecule has 1 atom stereocenters. The maximum Gasteiger partial charge on any atom is 0.255 e. The van der Waals surface area contributed by atoms with Crippen molar-refractivity contribution in [2.45, 2.75) is 46.0 Å². The number of amides is 2. The number of nitrogens with one attached hydrogen (secondary N) is 1. The Balaban J connectivity index is 1.68. The summed E-state index contributed by atoms with van der Waals surface area (Å²) in [5, 5.41) is 2.94. The Morgan fingerprint density at radius 2 is 1.81 bits per heavy atom. The zero-order chi connectivity index (χ0) is 18.6. The molecular weight excluding hydrogens is 328 g/mol. The van der Waals surface area contributed by atoms with Gasteiger partial charge in [0.1, 0.15) is 0 Å². The van der Waals surface area contributed by atoms with Crippen molar-refractivity contribution in [1.29, 1.82) is 0 Å². The van der Waals surface area contributed by atoms with Crippen LogP contribution >= 0.6 is 0 Å². The summed E-state index contributed by atoms with van der Waals surface area (Å²) in [5.41, 5.74) is 1.57. The minimum absolute atomic E-state index is 0.0203. The second-order valence-electron chi connectivity index (χ2n) is 7.75. The highest BCUT2D eigenvalue weighted by Crippen LogP contribution is 2.41. The van der Waals surface area contributed by atoms with Crippen LogP contribution in [0.4, 0.5) is 5.69 Å². The number of nitrogens with zero attached hydrogens (tertiary/aromatic N) is 1. The average Bonchev–Trinajstić information content (AvgIpc) is 2.68. The number of hydrogen-bond acceptors (Lipinski definition) is 3. The Labute approximate surface area is 156 Å². The van der Waals surface area contributed by atoms with E-state index in [1.165, 1.54) is 0 Å².